The predicted octanol–water partition coefficient (Wildman–Crippen LogP) is 0.0693. The average Bonchev–Trinajstić information content (AvgIpc) is 2.60. The maximum Gasteiger partial charge on any atom is 0.326 e. The maximum atomic E-state index is 11.1. The molecular weight excluding hydrogens is 210 g/mol. The van der Waals surface area contributed by atoms with Gasteiger partial charge in [0.15, 0.2) is 0 Å². The van der Waals surface area contributed by atoms with Crippen molar-refractivity contribution in [1.82, 2.24) is 9.97 Å². The summed E-state index contributed by atoms with van der Waals surface area (Å²) in [6, 6.07) is 0.739. The highest BCUT2D eigenvalue weighted by Gasteiger charge is 2.37. The molecule has 2 N–H and O–H groups in total. The third-order valence-electron chi connectivity index (χ3n) is 2.91. The van der Waals surface area contributed by atoms with Crippen LogP contribution in [-0.2, 0) is 4.79 Å². The summed E-state index contributed by atoms with van der Waals surface area (Å²) in [4.78, 5) is 30.3. The van der Waals surface area contributed by atoms with Crippen molar-refractivity contribution in [3.63, 3.8) is 0 Å². The van der Waals surface area contributed by atoms with E-state index < -0.39 is 12.0 Å². The topological polar surface area (TPSA) is 86.3 Å². The molecule has 0 saturated carbocycles. The standard InChI is InChI=1S/C10H13N3O3/c1-6-2-3-13(9(6)10(15)16)7-4-8(14)12-5-11-7/h4-6,9H,2-3H2,1H3,(H,15,16)(H,11,12,14). The summed E-state index contributed by atoms with van der Waals surface area (Å²) in [5.74, 6) is -0.369. The third kappa shape index (κ3) is 1.78. The Labute approximate surface area is 91.9 Å². The number of carbonyl (C=O) groups is 1. The molecule has 2 unspecified atom stereocenters. The molecule has 86 valence electrons. The molecule has 1 aliphatic rings. The molecular formula is C10H13N3O3. The Balaban J connectivity index is 2.34. The quantitative estimate of drug-likeness (QED) is 0.741. The fraction of sp³-hybridized carbons (Fsp3) is 0.500. The molecule has 1 aromatic heterocycles. The normalized spacial score (nSPS) is 24.7. The molecule has 1 saturated heterocycles. The summed E-state index contributed by atoms with van der Waals surface area (Å²) < 4.78 is 0. The Hall–Kier alpha value is -1.85. The van der Waals surface area contributed by atoms with Gasteiger partial charge in [-0.25, -0.2) is 9.78 Å². The van der Waals surface area contributed by atoms with E-state index >= 15 is 0 Å². The van der Waals surface area contributed by atoms with E-state index in [2.05, 4.69) is 9.97 Å². The van der Waals surface area contributed by atoms with E-state index in [4.69, 9.17) is 5.11 Å². The summed E-state index contributed by atoms with van der Waals surface area (Å²) in [5, 5.41) is 9.13. The van der Waals surface area contributed by atoms with Crippen LogP contribution in [0.4, 0.5) is 5.82 Å². The summed E-state index contributed by atoms with van der Waals surface area (Å²) in [5.41, 5.74) is -0.270. The van der Waals surface area contributed by atoms with Crippen molar-refractivity contribution in [3.05, 3.63) is 22.7 Å². The van der Waals surface area contributed by atoms with Gasteiger partial charge in [-0.2, -0.15) is 0 Å². The number of H-pyrrole nitrogens is 1. The van der Waals surface area contributed by atoms with Crippen LogP contribution in [0.15, 0.2) is 17.2 Å². The fourth-order valence-corrected chi connectivity index (χ4v) is 2.10. The van der Waals surface area contributed by atoms with Crippen molar-refractivity contribution in [2.24, 2.45) is 5.92 Å². The lowest BCUT2D eigenvalue weighted by atomic mass is 10.0. The van der Waals surface area contributed by atoms with E-state index in [-0.39, 0.29) is 11.5 Å². The van der Waals surface area contributed by atoms with E-state index in [0.29, 0.717) is 12.4 Å². The second kappa shape index (κ2) is 3.96. The minimum atomic E-state index is -0.868. The molecule has 0 amide bonds. The molecule has 0 spiro atoms. The molecule has 16 heavy (non-hydrogen) atoms. The minimum absolute atomic E-state index is 0.0681. The number of nitrogens with zero attached hydrogens (tertiary/aromatic N) is 2. The molecule has 1 aliphatic heterocycles. The van der Waals surface area contributed by atoms with E-state index in [1.54, 1.807) is 4.90 Å². The lowest BCUT2D eigenvalue weighted by Crippen LogP contribution is -2.39. The highest BCUT2D eigenvalue weighted by atomic mass is 16.4. The van der Waals surface area contributed by atoms with Crippen molar-refractivity contribution in [1.29, 1.82) is 0 Å². The monoisotopic (exact) mass is 223 g/mol. The van der Waals surface area contributed by atoms with Crippen LogP contribution >= 0.6 is 0 Å². The lowest BCUT2D eigenvalue weighted by Gasteiger charge is -2.23. The van der Waals surface area contributed by atoms with Crippen LogP contribution in [0.1, 0.15) is 13.3 Å². The van der Waals surface area contributed by atoms with Gasteiger partial charge in [-0.15, -0.1) is 0 Å². The summed E-state index contributed by atoms with van der Waals surface area (Å²) >= 11 is 0. The SMILES string of the molecule is CC1CCN(c2cc(=O)[nH]cn2)C1C(=O)O. The van der Waals surface area contributed by atoms with Crippen LogP contribution in [0.2, 0.25) is 0 Å². The third-order valence-corrected chi connectivity index (χ3v) is 2.91. The Bertz CT molecular complexity index is 457. The summed E-state index contributed by atoms with van der Waals surface area (Å²) in [6.45, 7) is 2.51. The first-order valence-electron chi connectivity index (χ1n) is 5.14. The van der Waals surface area contributed by atoms with Gasteiger partial charge < -0.3 is 15.0 Å². The smallest absolute Gasteiger partial charge is 0.326 e. The number of anilines is 1. The molecule has 0 aliphatic carbocycles. The summed E-state index contributed by atoms with van der Waals surface area (Å²) in [7, 11) is 0. The Kier molecular flexibility index (Phi) is 2.64. The number of rotatable bonds is 2. The van der Waals surface area contributed by atoms with E-state index in [1.807, 2.05) is 6.92 Å². The molecule has 2 atom stereocenters. The van der Waals surface area contributed by atoms with Crippen LogP contribution < -0.4 is 10.5 Å². The van der Waals surface area contributed by atoms with Crippen LogP contribution in [0, 0.1) is 5.92 Å². The zero-order valence-electron chi connectivity index (χ0n) is 8.88. The zero-order valence-corrected chi connectivity index (χ0v) is 8.88. The van der Waals surface area contributed by atoms with Gasteiger partial charge in [-0.1, -0.05) is 6.92 Å². The van der Waals surface area contributed by atoms with Crippen LogP contribution in [0.5, 0.6) is 0 Å². The second-order valence-electron chi connectivity index (χ2n) is 4.01. The largest absolute Gasteiger partial charge is 0.480 e. The molecule has 0 aromatic carbocycles. The van der Waals surface area contributed by atoms with E-state index in [0.717, 1.165) is 6.42 Å². The number of aromatic nitrogens is 2. The Morgan fingerprint density at radius 1 is 1.69 bits per heavy atom. The van der Waals surface area contributed by atoms with Gasteiger partial charge in [0.2, 0.25) is 0 Å². The van der Waals surface area contributed by atoms with E-state index in [1.165, 1.54) is 12.4 Å². The van der Waals surface area contributed by atoms with Crippen LogP contribution in [0.25, 0.3) is 0 Å². The fourth-order valence-electron chi connectivity index (χ4n) is 2.10. The molecule has 2 heterocycles. The maximum absolute atomic E-state index is 11.1. The first-order chi connectivity index (χ1) is 7.59. The predicted molar refractivity (Wildman–Crippen MR) is 57.4 cm³/mol. The molecule has 0 bridgehead atoms. The minimum Gasteiger partial charge on any atom is -0.480 e. The average molecular weight is 223 g/mol. The Morgan fingerprint density at radius 2 is 2.44 bits per heavy atom. The molecule has 6 heteroatoms. The lowest BCUT2D eigenvalue weighted by molar-refractivity contribution is -0.139. The van der Waals surface area contributed by atoms with Crippen molar-refractivity contribution in [2.45, 2.75) is 19.4 Å². The first kappa shape index (κ1) is 10.7. The molecule has 2 rings (SSSR count). The highest BCUT2D eigenvalue weighted by Crippen LogP contribution is 2.27. The summed E-state index contributed by atoms with van der Waals surface area (Å²) in [6.07, 6.45) is 2.09. The van der Waals surface area contributed by atoms with Gasteiger partial charge in [-0.3, -0.25) is 4.79 Å². The first-order valence-corrected chi connectivity index (χ1v) is 5.14. The Morgan fingerprint density at radius 3 is 3.06 bits per heavy atom. The van der Waals surface area contributed by atoms with Gasteiger partial charge in [0, 0.05) is 12.6 Å². The van der Waals surface area contributed by atoms with Gasteiger partial charge in [0.05, 0.1) is 6.33 Å². The van der Waals surface area contributed by atoms with Crippen molar-refractivity contribution in [2.75, 3.05) is 11.4 Å². The van der Waals surface area contributed by atoms with E-state index in [9.17, 15) is 9.59 Å². The second-order valence-corrected chi connectivity index (χ2v) is 4.01. The molecule has 1 fully saturated rings. The molecule has 1 aromatic rings. The number of aliphatic carboxylic acids is 1. The van der Waals surface area contributed by atoms with Crippen molar-refractivity contribution >= 4 is 11.8 Å². The van der Waals surface area contributed by atoms with Crippen LogP contribution in [-0.4, -0.2) is 33.6 Å². The van der Waals surface area contributed by atoms with Gasteiger partial charge in [-0.05, 0) is 12.3 Å². The van der Waals surface area contributed by atoms with Gasteiger partial charge >= 0.3 is 5.97 Å². The number of aromatic amines is 1. The van der Waals surface area contributed by atoms with Gasteiger partial charge in [0.25, 0.3) is 5.56 Å². The molecule has 6 nitrogen and oxygen atoms in total. The number of hydrogen-bond acceptors (Lipinski definition) is 4. The highest BCUT2D eigenvalue weighted by molar-refractivity contribution is 5.78. The van der Waals surface area contributed by atoms with Gasteiger partial charge in [0.1, 0.15) is 11.9 Å². The van der Waals surface area contributed by atoms with Crippen LogP contribution in [0.3, 0.4) is 0 Å². The number of hydrogen-bond donors (Lipinski definition) is 2. The number of carboxylic acids is 1. The number of nitrogens with one attached hydrogen (secondary N) is 1. The van der Waals surface area contributed by atoms with Crippen molar-refractivity contribution < 1.29 is 9.90 Å². The number of carboxylic acid groups (broad SMARTS) is 1. The molecule has 0 radical (unpaired) electrons. The van der Waals surface area contributed by atoms with Crippen molar-refractivity contribution in [3.8, 4) is 0 Å². The zero-order chi connectivity index (χ0) is 11.7.